The minimum absolute atomic E-state index is 0.228. The van der Waals surface area contributed by atoms with Gasteiger partial charge in [-0.15, -0.1) is 10.2 Å². The number of thioether (sulfide) groups is 1. The summed E-state index contributed by atoms with van der Waals surface area (Å²) >= 11 is 1.00. The molecular weight excluding hydrogens is 435 g/mol. The maximum Gasteiger partial charge on any atom is 0.418 e. The first-order chi connectivity index (χ1) is 14.6. The first kappa shape index (κ1) is 22.3. The molecule has 0 bridgehead atoms. The van der Waals surface area contributed by atoms with Crippen molar-refractivity contribution in [1.29, 1.82) is 0 Å². The lowest BCUT2D eigenvalue weighted by Gasteiger charge is -2.13. The van der Waals surface area contributed by atoms with E-state index in [1.807, 2.05) is 31.2 Å². The second-order valence-electron chi connectivity index (χ2n) is 6.50. The highest BCUT2D eigenvalue weighted by molar-refractivity contribution is 7.99. The minimum Gasteiger partial charge on any atom is -0.325 e. The number of carbonyl (C=O) groups is 1. The van der Waals surface area contributed by atoms with Gasteiger partial charge in [0.2, 0.25) is 5.91 Å². The number of benzene rings is 2. The van der Waals surface area contributed by atoms with E-state index >= 15 is 0 Å². The first-order valence-electron chi connectivity index (χ1n) is 8.81. The fourth-order valence-corrected chi connectivity index (χ4v) is 3.52. The maximum atomic E-state index is 13.2. The van der Waals surface area contributed by atoms with Crippen molar-refractivity contribution in [1.82, 2.24) is 14.8 Å². The van der Waals surface area contributed by atoms with Crippen molar-refractivity contribution in [3.8, 4) is 11.4 Å². The van der Waals surface area contributed by atoms with Gasteiger partial charge >= 0.3 is 6.18 Å². The van der Waals surface area contributed by atoms with Crippen LogP contribution in [0.5, 0.6) is 0 Å². The predicted octanol–water partition coefficient (Wildman–Crippen LogP) is 4.45. The molecule has 0 fully saturated rings. The molecule has 1 aromatic heterocycles. The van der Waals surface area contributed by atoms with E-state index in [0.29, 0.717) is 17.0 Å². The molecule has 0 saturated carbocycles. The second kappa shape index (κ2) is 8.76. The van der Waals surface area contributed by atoms with Gasteiger partial charge in [-0.05, 0) is 18.6 Å². The highest BCUT2D eigenvalue weighted by Crippen LogP contribution is 2.37. The number of nitro groups is 1. The van der Waals surface area contributed by atoms with Gasteiger partial charge in [-0.2, -0.15) is 13.2 Å². The molecule has 12 heteroatoms. The van der Waals surface area contributed by atoms with Gasteiger partial charge in [0.15, 0.2) is 11.0 Å². The Morgan fingerprint density at radius 1 is 1.23 bits per heavy atom. The fraction of sp³-hybridized carbons (Fsp3) is 0.211. The smallest absolute Gasteiger partial charge is 0.325 e. The fourth-order valence-electron chi connectivity index (χ4n) is 2.80. The Kier molecular flexibility index (Phi) is 6.29. The third-order valence-electron chi connectivity index (χ3n) is 4.35. The number of amides is 1. The molecule has 0 radical (unpaired) electrons. The SMILES string of the molecule is Cc1ccccc1-c1nnc(SCC(=O)Nc2ccc([N+](=O)[O-])cc2C(F)(F)F)n1C. The Hall–Kier alpha value is -3.41. The van der Waals surface area contributed by atoms with Crippen molar-refractivity contribution in [3.63, 3.8) is 0 Å². The molecular formula is C19H16F3N5O3S. The Morgan fingerprint density at radius 3 is 2.58 bits per heavy atom. The monoisotopic (exact) mass is 451 g/mol. The number of anilines is 1. The van der Waals surface area contributed by atoms with Gasteiger partial charge in [0.25, 0.3) is 5.69 Å². The van der Waals surface area contributed by atoms with Crippen LogP contribution in [-0.2, 0) is 18.0 Å². The van der Waals surface area contributed by atoms with E-state index < -0.39 is 33.9 Å². The summed E-state index contributed by atoms with van der Waals surface area (Å²) in [6.07, 6.45) is -4.87. The van der Waals surface area contributed by atoms with Crippen LogP contribution < -0.4 is 5.32 Å². The van der Waals surface area contributed by atoms with E-state index in [0.717, 1.165) is 35.0 Å². The van der Waals surface area contributed by atoms with Crippen molar-refractivity contribution < 1.29 is 22.9 Å². The van der Waals surface area contributed by atoms with Crippen molar-refractivity contribution >= 4 is 29.0 Å². The van der Waals surface area contributed by atoms with Gasteiger partial charge in [-0.25, -0.2) is 0 Å². The van der Waals surface area contributed by atoms with Crippen LogP contribution in [0.4, 0.5) is 24.5 Å². The molecule has 0 unspecified atom stereocenters. The van der Waals surface area contributed by atoms with Crippen LogP contribution in [-0.4, -0.2) is 31.3 Å². The molecule has 1 N–H and O–H groups in total. The molecule has 1 amide bonds. The lowest BCUT2D eigenvalue weighted by atomic mass is 10.1. The largest absolute Gasteiger partial charge is 0.418 e. The average molecular weight is 451 g/mol. The zero-order chi connectivity index (χ0) is 22.8. The summed E-state index contributed by atoms with van der Waals surface area (Å²) in [4.78, 5) is 22.1. The molecule has 8 nitrogen and oxygen atoms in total. The third-order valence-corrected chi connectivity index (χ3v) is 5.37. The lowest BCUT2D eigenvalue weighted by Crippen LogP contribution is -2.18. The number of rotatable bonds is 6. The molecule has 0 aliphatic carbocycles. The average Bonchev–Trinajstić information content (AvgIpc) is 3.06. The highest BCUT2D eigenvalue weighted by atomic mass is 32.2. The molecule has 0 aliphatic rings. The van der Waals surface area contributed by atoms with Gasteiger partial charge in [0.1, 0.15) is 0 Å². The number of alkyl halides is 3. The van der Waals surface area contributed by atoms with Crippen LogP contribution in [0.2, 0.25) is 0 Å². The van der Waals surface area contributed by atoms with E-state index in [9.17, 15) is 28.1 Å². The summed E-state index contributed by atoms with van der Waals surface area (Å²) in [5.41, 5.74) is -0.704. The maximum absolute atomic E-state index is 13.2. The number of carbonyl (C=O) groups excluding carboxylic acids is 1. The molecule has 3 rings (SSSR count). The lowest BCUT2D eigenvalue weighted by molar-refractivity contribution is -0.385. The zero-order valence-electron chi connectivity index (χ0n) is 16.3. The van der Waals surface area contributed by atoms with Crippen molar-refractivity contribution in [2.24, 2.45) is 7.05 Å². The summed E-state index contributed by atoms with van der Waals surface area (Å²) < 4.78 is 41.4. The number of hydrogen-bond donors (Lipinski definition) is 1. The van der Waals surface area contributed by atoms with Gasteiger partial charge < -0.3 is 9.88 Å². The van der Waals surface area contributed by atoms with Gasteiger partial charge in [-0.1, -0.05) is 36.0 Å². The number of nitrogens with zero attached hydrogens (tertiary/aromatic N) is 4. The number of aryl methyl sites for hydroxylation is 1. The number of non-ortho nitro benzene ring substituents is 1. The summed E-state index contributed by atoms with van der Waals surface area (Å²) in [5, 5.41) is 21.5. The summed E-state index contributed by atoms with van der Waals surface area (Å²) in [7, 11) is 1.72. The van der Waals surface area contributed by atoms with E-state index in [4.69, 9.17) is 0 Å². The molecule has 3 aromatic rings. The quantitative estimate of drug-likeness (QED) is 0.338. The highest BCUT2D eigenvalue weighted by Gasteiger charge is 2.35. The summed E-state index contributed by atoms with van der Waals surface area (Å²) in [6, 6.07) is 9.71. The van der Waals surface area contributed by atoms with E-state index in [2.05, 4.69) is 15.5 Å². The van der Waals surface area contributed by atoms with Crippen LogP contribution in [0.25, 0.3) is 11.4 Å². The number of aromatic nitrogens is 3. The molecule has 1 heterocycles. The number of nitrogens with one attached hydrogen (secondary N) is 1. The van der Waals surface area contributed by atoms with Crippen molar-refractivity contribution in [3.05, 3.63) is 63.7 Å². The minimum atomic E-state index is -4.87. The van der Waals surface area contributed by atoms with Crippen LogP contribution in [0.3, 0.4) is 0 Å². The molecule has 0 spiro atoms. The molecule has 0 atom stereocenters. The first-order valence-corrected chi connectivity index (χ1v) is 9.80. The molecule has 162 valence electrons. The molecule has 0 saturated heterocycles. The third kappa shape index (κ3) is 5.02. The van der Waals surface area contributed by atoms with E-state index in [1.165, 1.54) is 0 Å². The standard InChI is InChI=1S/C19H16F3N5O3S/c1-11-5-3-4-6-13(11)17-24-25-18(26(17)2)31-10-16(28)23-15-8-7-12(27(29)30)9-14(15)19(20,21)22/h3-9H,10H2,1-2H3,(H,23,28). The summed E-state index contributed by atoms with van der Waals surface area (Å²) in [6.45, 7) is 1.92. The number of nitro benzene ring substituents is 1. The number of hydrogen-bond acceptors (Lipinski definition) is 6. The van der Waals surface area contributed by atoms with E-state index in [1.54, 1.807) is 11.6 Å². The molecule has 0 aliphatic heterocycles. The Morgan fingerprint density at radius 2 is 1.94 bits per heavy atom. The molecule has 31 heavy (non-hydrogen) atoms. The molecule has 2 aromatic carbocycles. The zero-order valence-corrected chi connectivity index (χ0v) is 17.1. The van der Waals surface area contributed by atoms with Crippen molar-refractivity contribution in [2.45, 2.75) is 18.3 Å². The van der Waals surface area contributed by atoms with Gasteiger partial charge in [0, 0.05) is 24.7 Å². The predicted molar refractivity (Wildman–Crippen MR) is 109 cm³/mol. The Bertz CT molecular complexity index is 1150. The van der Waals surface area contributed by atoms with Crippen LogP contribution in [0.15, 0.2) is 47.6 Å². The van der Waals surface area contributed by atoms with E-state index in [-0.39, 0.29) is 5.75 Å². The van der Waals surface area contributed by atoms with Gasteiger partial charge in [-0.3, -0.25) is 14.9 Å². The number of halogens is 3. The van der Waals surface area contributed by atoms with Gasteiger partial charge in [0.05, 0.1) is 21.9 Å². The second-order valence-corrected chi connectivity index (χ2v) is 7.44. The topological polar surface area (TPSA) is 103 Å². The summed E-state index contributed by atoms with van der Waals surface area (Å²) in [5.74, 6) is -0.353. The Balaban J connectivity index is 1.73. The Labute approximate surface area is 178 Å². The van der Waals surface area contributed by atoms with Crippen LogP contribution in [0, 0.1) is 17.0 Å². The normalized spacial score (nSPS) is 11.4. The van der Waals surface area contributed by atoms with Crippen LogP contribution in [0.1, 0.15) is 11.1 Å². The van der Waals surface area contributed by atoms with Crippen molar-refractivity contribution in [2.75, 3.05) is 11.1 Å². The van der Waals surface area contributed by atoms with Crippen LogP contribution >= 0.6 is 11.8 Å².